The van der Waals surface area contributed by atoms with Crippen LogP contribution in [0.3, 0.4) is 0 Å². The molecule has 0 spiro atoms. The number of nitrogens with zero attached hydrogens (tertiary/aromatic N) is 3. The lowest BCUT2D eigenvalue weighted by Gasteiger charge is -2.29. The first-order valence-electron chi connectivity index (χ1n) is 8.82. The summed E-state index contributed by atoms with van der Waals surface area (Å²) in [4.78, 5) is 29.1. The number of nitrogens with two attached hydrogens (primary N) is 2. The van der Waals surface area contributed by atoms with Crippen molar-refractivity contribution in [2.75, 3.05) is 6.54 Å². The molecule has 0 saturated carbocycles. The van der Waals surface area contributed by atoms with Crippen LogP contribution in [-0.4, -0.2) is 38.9 Å². The highest BCUT2D eigenvalue weighted by Gasteiger charge is 2.34. The van der Waals surface area contributed by atoms with Crippen molar-refractivity contribution < 1.29 is 27.2 Å². The van der Waals surface area contributed by atoms with E-state index in [1.807, 2.05) is 0 Å². The average Bonchev–Trinajstić information content (AvgIpc) is 3.07. The zero-order chi connectivity index (χ0) is 21.3. The van der Waals surface area contributed by atoms with Crippen molar-refractivity contribution in [1.82, 2.24) is 14.5 Å². The molecule has 2 amide bonds. The standard InChI is InChI=1S/C18H19F4N5O2/c19-12-7-10(1-2-11(12)18(20,21)22)14-8-26-5-6-27(9-16(26)25-14)17(29)13(23)3-4-15(24)28/h1-2,7-8,13H,3-6,9,23H2,(H2,24,28)/t13-/m0/s1. The number of carbonyl (C=O) groups is 2. The molecule has 0 bridgehead atoms. The Hall–Kier alpha value is -2.95. The van der Waals surface area contributed by atoms with E-state index in [1.165, 1.54) is 4.90 Å². The fraction of sp³-hybridized carbons (Fsp3) is 0.389. The summed E-state index contributed by atoms with van der Waals surface area (Å²) in [5, 5.41) is 0. The number of primary amides is 1. The highest BCUT2D eigenvalue weighted by Crippen LogP contribution is 2.33. The molecule has 1 aliphatic heterocycles. The number of fused-ring (bicyclic) bond motifs is 1. The zero-order valence-electron chi connectivity index (χ0n) is 15.2. The van der Waals surface area contributed by atoms with E-state index in [0.29, 0.717) is 30.7 Å². The quantitative estimate of drug-likeness (QED) is 0.727. The maximum absolute atomic E-state index is 13.8. The van der Waals surface area contributed by atoms with E-state index in [0.717, 1.165) is 12.1 Å². The molecule has 0 aliphatic carbocycles. The first kappa shape index (κ1) is 20.8. The number of carbonyl (C=O) groups excluding carboxylic acids is 2. The van der Waals surface area contributed by atoms with Gasteiger partial charge in [-0.25, -0.2) is 9.37 Å². The summed E-state index contributed by atoms with van der Waals surface area (Å²) in [6.45, 7) is 0.902. The molecule has 156 valence electrons. The zero-order valence-corrected chi connectivity index (χ0v) is 15.2. The summed E-state index contributed by atoms with van der Waals surface area (Å²) >= 11 is 0. The molecule has 11 heteroatoms. The molecule has 0 saturated heterocycles. The van der Waals surface area contributed by atoms with Gasteiger partial charge in [0.1, 0.15) is 11.6 Å². The lowest BCUT2D eigenvalue weighted by Crippen LogP contribution is -2.47. The fourth-order valence-corrected chi connectivity index (χ4v) is 3.14. The molecule has 4 N–H and O–H groups in total. The van der Waals surface area contributed by atoms with E-state index in [1.54, 1.807) is 10.8 Å². The van der Waals surface area contributed by atoms with Crippen LogP contribution in [0.2, 0.25) is 0 Å². The van der Waals surface area contributed by atoms with Crippen LogP contribution in [0.15, 0.2) is 24.4 Å². The van der Waals surface area contributed by atoms with Crippen molar-refractivity contribution in [2.45, 2.75) is 38.1 Å². The highest BCUT2D eigenvalue weighted by molar-refractivity contribution is 5.82. The van der Waals surface area contributed by atoms with E-state index >= 15 is 0 Å². The Balaban J connectivity index is 1.75. The number of rotatable bonds is 5. The lowest BCUT2D eigenvalue weighted by molar-refractivity contribution is -0.140. The van der Waals surface area contributed by atoms with Gasteiger partial charge in [0.05, 0.1) is 23.8 Å². The normalized spacial score (nSPS) is 15.1. The number of hydrogen-bond acceptors (Lipinski definition) is 4. The van der Waals surface area contributed by atoms with Gasteiger partial charge in [-0.15, -0.1) is 0 Å². The molecule has 7 nitrogen and oxygen atoms in total. The Morgan fingerprint density at radius 1 is 1.24 bits per heavy atom. The minimum absolute atomic E-state index is 0.000985. The number of alkyl halides is 3. The summed E-state index contributed by atoms with van der Waals surface area (Å²) in [6.07, 6.45) is -3.04. The van der Waals surface area contributed by atoms with Gasteiger partial charge in [0, 0.05) is 31.3 Å². The molecule has 0 radical (unpaired) electrons. The Morgan fingerprint density at radius 2 is 1.97 bits per heavy atom. The molecule has 1 atom stereocenters. The first-order valence-corrected chi connectivity index (χ1v) is 8.82. The van der Waals surface area contributed by atoms with Gasteiger partial charge in [0.2, 0.25) is 11.8 Å². The number of benzene rings is 1. The van der Waals surface area contributed by atoms with Crippen LogP contribution >= 0.6 is 0 Å². The van der Waals surface area contributed by atoms with E-state index < -0.39 is 29.5 Å². The number of halogens is 4. The minimum Gasteiger partial charge on any atom is -0.370 e. The van der Waals surface area contributed by atoms with Crippen molar-refractivity contribution in [3.63, 3.8) is 0 Å². The number of imidazole rings is 1. The van der Waals surface area contributed by atoms with E-state index in [2.05, 4.69) is 4.98 Å². The molecule has 1 aliphatic rings. The average molecular weight is 413 g/mol. The van der Waals surface area contributed by atoms with Crippen LogP contribution < -0.4 is 11.5 Å². The van der Waals surface area contributed by atoms with Crippen molar-refractivity contribution in [3.8, 4) is 11.3 Å². The topological polar surface area (TPSA) is 107 Å². The van der Waals surface area contributed by atoms with Crippen LogP contribution in [0.25, 0.3) is 11.3 Å². The van der Waals surface area contributed by atoms with Gasteiger partial charge in [0.25, 0.3) is 0 Å². The van der Waals surface area contributed by atoms with Gasteiger partial charge >= 0.3 is 6.18 Å². The molecule has 2 heterocycles. The van der Waals surface area contributed by atoms with Crippen LogP contribution in [0, 0.1) is 5.82 Å². The molecular formula is C18H19F4N5O2. The molecule has 0 fully saturated rings. The van der Waals surface area contributed by atoms with Crippen LogP contribution in [-0.2, 0) is 28.9 Å². The van der Waals surface area contributed by atoms with E-state index in [-0.39, 0.29) is 30.9 Å². The fourth-order valence-electron chi connectivity index (χ4n) is 3.14. The Morgan fingerprint density at radius 3 is 2.59 bits per heavy atom. The second-order valence-corrected chi connectivity index (χ2v) is 6.80. The van der Waals surface area contributed by atoms with E-state index in [9.17, 15) is 27.2 Å². The monoisotopic (exact) mass is 413 g/mol. The highest BCUT2D eigenvalue weighted by atomic mass is 19.4. The maximum atomic E-state index is 13.8. The van der Waals surface area contributed by atoms with Gasteiger partial charge in [-0.3, -0.25) is 9.59 Å². The number of amides is 2. The van der Waals surface area contributed by atoms with Crippen molar-refractivity contribution >= 4 is 11.8 Å². The van der Waals surface area contributed by atoms with Gasteiger partial charge in [-0.05, 0) is 18.6 Å². The molecule has 3 rings (SSSR count). The summed E-state index contributed by atoms with van der Waals surface area (Å²) in [7, 11) is 0. The van der Waals surface area contributed by atoms with E-state index in [4.69, 9.17) is 11.5 Å². The first-order chi connectivity index (χ1) is 13.6. The Labute approximate surface area is 163 Å². The summed E-state index contributed by atoms with van der Waals surface area (Å²) in [6, 6.07) is 1.76. The van der Waals surface area contributed by atoms with Crippen molar-refractivity contribution in [1.29, 1.82) is 0 Å². The van der Waals surface area contributed by atoms with Gasteiger partial charge < -0.3 is 20.9 Å². The molecule has 1 aromatic carbocycles. The van der Waals surface area contributed by atoms with Crippen molar-refractivity contribution in [3.05, 3.63) is 41.6 Å². The Bertz CT molecular complexity index is 941. The van der Waals surface area contributed by atoms with Crippen molar-refractivity contribution in [2.24, 2.45) is 11.5 Å². The van der Waals surface area contributed by atoms with Gasteiger partial charge in [-0.1, -0.05) is 6.07 Å². The summed E-state index contributed by atoms with van der Waals surface area (Å²) in [5.41, 5.74) is 10.0. The number of hydrogen-bond donors (Lipinski definition) is 2. The molecular weight excluding hydrogens is 394 g/mol. The second kappa shape index (κ2) is 7.82. The third-order valence-electron chi connectivity index (χ3n) is 4.70. The van der Waals surface area contributed by atoms with Gasteiger partial charge in [0.15, 0.2) is 0 Å². The number of aromatic nitrogens is 2. The molecule has 0 unspecified atom stereocenters. The van der Waals surface area contributed by atoms with Crippen LogP contribution in [0.5, 0.6) is 0 Å². The molecule has 1 aromatic heterocycles. The predicted molar refractivity (Wildman–Crippen MR) is 94.4 cm³/mol. The molecule has 29 heavy (non-hydrogen) atoms. The van der Waals surface area contributed by atoms with Crippen LogP contribution in [0.4, 0.5) is 17.6 Å². The SMILES string of the molecule is NC(=O)CC[C@H](N)C(=O)N1CCn2cc(-c3ccc(C(F)(F)F)c(F)c3)nc2C1. The third kappa shape index (κ3) is 4.56. The smallest absolute Gasteiger partial charge is 0.370 e. The minimum atomic E-state index is -4.77. The lowest BCUT2D eigenvalue weighted by atomic mass is 10.1. The van der Waals surface area contributed by atoms with Gasteiger partial charge in [-0.2, -0.15) is 13.2 Å². The van der Waals surface area contributed by atoms with Crippen LogP contribution in [0.1, 0.15) is 24.2 Å². The Kier molecular flexibility index (Phi) is 5.60. The third-order valence-corrected chi connectivity index (χ3v) is 4.70. The maximum Gasteiger partial charge on any atom is 0.419 e. The summed E-state index contributed by atoms with van der Waals surface area (Å²) in [5.74, 6) is -1.77. The molecule has 2 aromatic rings. The predicted octanol–water partition coefficient (Wildman–Crippen LogP) is 1.64. The largest absolute Gasteiger partial charge is 0.419 e. The summed E-state index contributed by atoms with van der Waals surface area (Å²) < 4.78 is 53.8. The second-order valence-electron chi connectivity index (χ2n) is 6.80.